The van der Waals surface area contributed by atoms with Gasteiger partial charge in [0, 0.05) is 16.6 Å². The van der Waals surface area contributed by atoms with Crippen LogP contribution in [0.4, 0.5) is 8.78 Å². The number of benzene rings is 2. The molecule has 0 aliphatic heterocycles. The molecule has 1 unspecified atom stereocenters. The summed E-state index contributed by atoms with van der Waals surface area (Å²) in [7, 11) is 0. The van der Waals surface area contributed by atoms with E-state index in [0.29, 0.717) is 44.9 Å². The van der Waals surface area contributed by atoms with Crippen molar-refractivity contribution >= 4 is 28.4 Å². The standard InChI is InChI=1S/C26H25ClF2N4O3/c1-13-8-23(33-15(3)22(29)11-30-33)18-6-5-7-24(25(18)31-13)36-12-20-19(9-17(28)10-21(20)27)14(2)32-26(35)16(4)34/h5-11,14,16,34H,12H2,1-4H3,(H,32,35)/t14-,16?/m0/s1. The number of hydrogen-bond acceptors (Lipinski definition) is 5. The number of halogens is 3. The lowest BCUT2D eigenvalue weighted by molar-refractivity contribution is -0.129. The van der Waals surface area contributed by atoms with Crippen LogP contribution in [-0.4, -0.2) is 31.9 Å². The molecule has 1 amide bonds. The summed E-state index contributed by atoms with van der Waals surface area (Å²) in [5, 5.41) is 17.1. The van der Waals surface area contributed by atoms with Gasteiger partial charge in [0.15, 0.2) is 5.82 Å². The fraction of sp³-hybridized carbons (Fsp3) is 0.269. The lowest BCUT2D eigenvalue weighted by atomic mass is 10.0. The third kappa shape index (κ3) is 5.03. The van der Waals surface area contributed by atoms with E-state index in [1.54, 1.807) is 26.0 Å². The van der Waals surface area contributed by atoms with Crippen molar-refractivity contribution in [3.63, 3.8) is 0 Å². The van der Waals surface area contributed by atoms with Crippen molar-refractivity contribution in [3.8, 4) is 11.4 Å². The number of pyridine rings is 1. The molecule has 2 N–H and O–H groups in total. The Morgan fingerprint density at radius 1 is 1.22 bits per heavy atom. The molecule has 2 aromatic carbocycles. The number of nitrogens with zero attached hydrogens (tertiary/aromatic N) is 3. The molecule has 2 atom stereocenters. The molecule has 0 saturated heterocycles. The van der Waals surface area contributed by atoms with E-state index >= 15 is 0 Å². The highest BCUT2D eigenvalue weighted by molar-refractivity contribution is 6.31. The third-order valence-electron chi connectivity index (χ3n) is 5.86. The first-order valence-electron chi connectivity index (χ1n) is 11.3. The Labute approximate surface area is 211 Å². The quantitative estimate of drug-likeness (QED) is 0.358. The number of nitrogens with one attached hydrogen (secondary N) is 1. The lowest BCUT2D eigenvalue weighted by Crippen LogP contribution is -2.34. The summed E-state index contributed by atoms with van der Waals surface area (Å²) in [6.07, 6.45) is -0.0606. The second-order valence-corrected chi connectivity index (χ2v) is 8.98. The summed E-state index contributed by atoms with van der Waals surface area (Å²) in [6.45, 7) is 6.42. The molecule has 0 aliphatic carbocycles. The third-order valence-corrected chi connectivity index (χ3v) is 6.20. The zero-order chi connectivity index (χ0) is 26.1. The van der Waals surface area contributed by atoms with Gasteiger partial charge in [0.1, 0.15) is 29.8 Å². The first kappa shape index (κ1) is 25.5. The van der Waals surface area contributed by atoms with Crippen LogP contribution in [0, 0.1) is 25.5 Å². The molecule has 0 radical (unpaired) electrons. The molecule has 0 spiro atoms. The smallest absolute Gasteiger partial charge is 0.249 e. The number of amides is 1. The van der Waals surface area contributed by atoms with Crippen molar-refractivity contribution in [1.82, 2.24) is 20.1 Å². The van der Waals surface area contributed by atoms with Gasteiger partial charge in [0.25, 0.3) is 0 Å². The molecule has 0 fully saturated rings. The van der Waals surface area contributed by atoms with Gasteiger partial charge < -0.3 is 15.2 Å². The molecule has 36 heavy (non-hydrogen) atoms. The molecule has 4 rings (SSSR count). The van der Waals surface area contributed by atoms with E-state index in [4.69, 9.17) is 16.3 Å². The van der Waals surface area contributed by atoms with E-state index < -0.39 is 29.7 Å². The summed E-state index contributed by atoms with van der Waals surface area (Å²) in [4.78, 5) is 16.6. The number of fused-ring (bicyclic) bond motifs is 1. The zero-order valence-corrected chi connectivity index (χ0v) is 20.9. The number of carbonyl (C=O) groups excluding carboxylic acids is 1. The highest BCUT2D eigenvalue weighted by Crippen LogP contribution is 2.33. The van der Waals surface area contributed by atoms with Crippen LogP contribution in [0.2, 0.25) is 5.02 Å². The Balaban J connectivity index is 1.72. The predicted molar refractivity (Wildman–Crippen MR) is 132 cm³/mol. The maximum Gasteiger partial charge on any atom is 0.249 e. The molecular weight excluding hydrogens is 490 g/mol. The number of aliphatic hydroxyl groups excluding tert-OH is 1. The molecule has 2 aromatic heterocycles. The normalized spacial score (nSPS) is 13.0. The van der Waals surface area contributed by atoms with Gasteiger partial charge in [-0.1, -0.05) is 23.7 Å². The largest absolute Gasteiger partial charge is 0.487 e. The molecule has 2 heterocycles. The zero-order valence-electron chi connectivity index (χ0n) is 20.1. The lowest BCUT2D eigenvalue weighted by Gasteiger charge is -2.21. The first-order valence-corrected chi connectivity index (χ1v) is 11.6. The number of hydrogen-bond donors (Lipinski definition) is 2. The minimum Gasteiger partial charge on any atom is -0.487 e. The first-order chi connectivity index (χ1) is 17.1. The number of carbonyl (C=O) groups is 1. The Hall–Kier alpha value is -3.56. The molecule has 4 aromatic rings. The van der Waals surface area contributed by atoms with Crippen LogP contribution < -0.4 is 10.1 Å². The Morgan fingerprint density at radius 2 is 1.97 bits per heavy atom. The van der Waals surface area contributed by atoms with Gasteiger partial charge in [0.05, 0.1) is 28.6 Å². The highest BCUT2D eigenvalue weighted by atomic mass is 35.5. The summed E-state index contributed by atoms with van der Waals surface area (Å²) >= 11 is 6.37. The average molecular weight is 515 g/mol. The second-order valence-electron chi connectivity index (χ2n) is 8.58. The van der Waals surface area contributed by atoms with Crippen LogP contribution in [0.1, 0.15) is 42.4 Å². The summed E-state index contributed by atoms with van der Waals surface area (Å²) in [5.41, 5.74) is 3.13. The van der Waals surface area contributed by atoms with E-state index in [1.165, 1.54) is 23.7 Å². The van der Waals surface area contributed by atoms with Crippen LogP contribution >= 0.6 is 11.6 Å². The topological polar surface area (TPSA) is 89.3 Å². The summed E-state index contributed by atoms with van der Waals surface area (Å²) < 4.78 is 35.8. The fourth-order valence-electron chi connectivity index (χ4n) is 3.98. The molecule has 0 bridgehead atoms. The van der Waals surface area contributed by atoms with Crippen molar-refractivity contribution in [2.24, 2.45) is 0 Å². The van der Waals surface area contributed by atoms with Gasteiger partial charge in [-0.3, -0.25) is 4.79 Å². The van der Waals surface area contributed by atoms with Crippen molar-refractivity contribution in [1.29, 1.82) is 0 Å². The minimum absolute atomic E-state index is 0.0389. The SMILES string of the molecule is Cc1cc(-n2ncc(F)c2C)c2cccc(OCc3c(Cl)cc(F)cc3[C@H](C)NC(=O)C(C)O)c2n1. The van der Waals surface area contributed by atoms with Gasteiger partial charge in [-0.15, -0.1) is 0 Å². The van der Waals surface area contributed by atoms with E-state index in [9.17, 15) is 18.7 Å². The molecule has 188 valence electrons. The number of ether oxygens (including phenoxy) is 1. The van der Waals surface area contributed by atoms with E-state index in [1.807, 2.05) is 19.1 Å². The summed E-state index contributed by atoms with van der Waals surface area (Å²) in [6, 6.07) is 8.98. The average Bonchev–Trinajstić information content (AvgIpc) is 3.15. The number of rotatable bonds is 7. The molecule has 0 aliphatic rings. The van der Waals surface area contributed by atoms with E-state index in [2.05, 4.69) is 15.4 Å². The minimum atomic E-state index is -1.22. The van der Waals surface area contributed by atoms with E-state index in [-0.39, 0.29) is 11.6 Å². The molecule has 7 nitrogen and oxygen atoms in total. The molecule has 10 heteroatoms. The predicted octanol–water partition coefficient (Wildman–Crippen LogP) is 5.11. The number of aliphatic hydroxyl groups is 1. The molecular formula is C26H25ClF2N4O3. The maximum absolute atomic E-state index is 14.2. The van der Waals surface area contributed by atoms with Crippen LogP contribution in [-0.2, 0) is 11.4 Å². The number of para-hydroxylation sites is 1. The van der Waals surface area contributed by atoms with Crippen molar-refractivity contribution in [2.45, 2.75) is 46.4 Å². The highest BCUT2D eigenvalue weighted by Gasteiger charge is 2.21. The van der Waals surface area contributed by atoms with E-state index in [0.717, 1.165) is 6.20 Å². The van der Waals surface area contributed by atoms with Crippen LogP contribution in [0.15, 0.2) is 42.6 Å². The van der Waals surface area contributed by atoms with Gasteiger partial charge in [-0.25, -0.2) is 18.4 Å². The van der Waals surface area contributed by atoms with Crippen molar-refractivity contribution in [2.75, 3.05) is 0 Å². The van der Waals surface area contributed by atoms with Crippen LogP contribution in [0.5, 0.6) is 5.75 Å². The van der Waals surface area contributed by atoms with Gasteiger partial charge >= 0.3 is 0 Å². The Kier molecular flexibility index (Phi) is 7.23. The second kappa shape index (κ2) is 10.2. The van der Waals surface area contributed by atoms with Crippen molar-refractivity contribution in [3.05, 3.63) is 81.8 Å². The number of aromatic nitrogens is 3. The Bertz CT molecular complexity index is 1460. The van der Waals surface area contributed by atoms with Crippen LogP contribution in [0.25, 0.3) is 16.6 Å². The van der Waals surface area contributed by atoms with Gasteiger partial charge in [0.2, 0.25) is 5.91 Å². The van der Waals surface area contributed by atoms with Crippen LogP contribution in [0.3, 0.4) is 0 Å². The maximum atomic E-state index is 14.2. The molecule has 0 saturated carbocycles. The Morgan fingerprint density at radius 3 is 2.64 bits per heavy atom. The summed E-state index contributed by atoms with van der Waals surface area (Å²) in [5.74, 6) is -1.14. The monoisotopic (exact) mass is 514 g/mol. The van der Waals surface area contributed by atoms with Crippen molar-refractivity contribution < 1.29 is 23.4 Å². The fourth-order valence-corrected chi connectivity index (χ4v) is 4.24. The van der Waals surface area contributed by atoms with Gasteiger partial charge in [-0.05, 0) is 57.5 Å². The van der Waals surface area contributed by atoms with Gasteiger partial charge in [-0.2, -0.15) is 5.10 Å². The number of aryl methyl sites for hydroxylation is 1.